The van der Waals surface area contributed by atoms with Crippen LogP contribution in [-0.4, -0.2) is 62.9 Å². The Bertz CT molecular complexity index is 711. The van der Waals surface area contributed by atoms with Gasteiger partial charge in [0.15, 0.2) is 0 Å². The molecular formula is C17H25FN2O4S. The van der Waals surface area contributed by atoms with E-state index in [-0.39, 0.29) is 16.6 Å². The van der Waals surface area contributed by atoms with Crippen LogP contribution in [-0.2, 0) is 14.8 Å². The Morgan fingerprint density at radius 3 is 2.40 bits per heavy atom. The van der Waals surface area contributed by atoms with Crippen LogP contribution in [0.15, 0.2) is 23.1 Å². The number of halogens is 1. The largest absolute Gasteiger partial charge is 0.381 e. The fraction of sp³-hybridized carbons (Fsp3) is 0.588. The number of benzene rings is 1. The van der Waals surface area contributed by atoms with Gasteiger partial charge in [-0.1, -0.05) is 13.8 Å². The molecule has 1 aromatic rings. The van der Waals surface area contributed by atoms with Gasteiger partial charge in [0.25, 0.3) is 5.91 Å². The summed E-state index contributed by atoms with van der Waals surface area (Å²) in [6, 6.07) is 3.40. The van der Waals surface area contributed by atoms with Crippen molar-refractivity contribution in [2.75, 3.05) is 33.3 Å². The molecule has 8 heteroatoms. The summed E-state index contributed by atoms with van der Waals surface area (Å²) in [4.78, 5) is 14.1. The molecule has 1 saturated heterocycles. The van der Waals surface area contributed by atoms with Gasteiger partial charge in [-0.2, -0.15) is 4.31 Å². The number of methoxy groups -OCH3 is 1. The molecule has 0 atom stereocenters. The van der Waals surface area contributed by atoms with Gasteiger partial charge in [-0.3, -0.25) is 4.79 Å². The van der Waals surface area contributed by atoms with Gasteiger partial charge in [0.2, 0.25) is 10.0 Å². The Hall–Kier alpha value is -1.51. The standard InChI is InChI=1S/C17H25FN2O4S/c1-4-20(5-2)25(22,23)14-6-7-16(18)15(12-14)17(21)19-10-8-13(24-3)9-11-19/h6-7,12-13H,4-5,8-11H2,1-3H3. The highest BCUT2D eigenvalue weighted by Gasteiger charge is 2.28. The van der Waals surface area contributed by atoms with E-state index in [1.807, 2.05) is 0 Å². The first kappa shape index (κ1) is 19.8. The van der Waals surface area contributed by atoms with E-state index in [0.717, 1.165) is 12.1 Å². The smallest absolute Gasteiger partial charge is 0.256 e. The molecule has 0 unspecified atom stereocenters. The van der Waals surface area contributed by atoms with Crippen LogP contribution in [0, 0.1) is 5.82 Å². The Labute approximate surface area is 148 Å². The zero-order valence-electron chi connectivity index (χ0n) is 14.9. The molecule has 0 aliphatic carbocycles. The molecule has 1 aliphatic heterocycles. The van der Waals surface area contributed by atoms with Gasteiger partial charge >= 0.3 is 0 Å². The van der Waals surface area contributed by atoms with Crippen molar-refractivity contribution in [1.82, 2.24) is 9.21 Å². The monoisotopic (exact) mass is 372 g/mol. The molecule has 2 rings (SSSR count). The van der Waals surface area contributed by atoms with Crippen molar-refractivity contribution in [3.8, 4) is 0 Å². The van der Waals surface area contributed by atoms with Crippen LogP contribution < -0.4 is 0 Å². The van der Waals surface area contributed by atoms with Gasteiger partial charge in [-0.25, -0.2) is 12.8 Å². The lowest BCUT2D eigenvalue weighted by atomic mass is 10.1. The van der Waals surface area contributed by atoms with Crippen LogP contribution in [0.5, 0.6) is 0 Å². The van der Waals surface area contributed by atoms with Gasteiger partial charge in [-0.05, 0) is 31.0 Å². The summed E-state index contributed by atoms with van der Waals surface area (Å²) >= 11 is 0. The lowest BCUT2D eigenvalue weighted by molar-refractivity contribution is 0.0348. The highest BCUT2D eigenvalue weighted by Crippen LogP contribution is 2.22. The van der Waals surface area contributed by atoms with E-state index < -0.39 is 21.7 Å². The van der Waals surface area contributed by atoms with E-state index in [1.54, 1.807) is 25.9 Å². The van der Waals surface area contributed by atoms with Crippen LogP contribution in [0.1, 0.15) is 37.0 Å². The maximum absolute atomic E-state index is 14.2. The second kappa shape index (κ2) is 8.25. The van der Waals surface area contributed by atoms with Crippen molar-refractivity contribution in [2.45, 2.75) is 37.7 Å². The summed E-state index contributed by atoms with van der Waals surface area (Å²) in [7, 11) is -2.11. The predicted molar refractivity (Wildman–Crippen MR) is 92.4 cm³/mol. The fourth-order valence-corrected chi connectivity index (χ4v) is 4.49. The van der Waals surface area contributed by atoms with Gasteiger partial charge in [0, 0.05) is 33.3 Å². The lowest BCUT2D eigenvalue weighted by Crippen LogP contribution is -2.41. The van der Waals surface area contributed by atoms with Crippen LogP contribution in [0.3, 0.4) is 0 Å². The maximum atomic E-state index is 14.2. The van der Waals surface area contributed by atoms with Gasteiger partial charge < -0.3 is 9.64 Å². The first-order valence-electron chi connectivity index (χ1n) is 8.46. The number of carbonyl (C=O) groups excluding carboxylic acids is 1. The van der Waals surface area contributed by atoms with Crippen molar-refractivity contribution in [3.05, 3.63) is 29.6 Å². The number of rotatable bonds is 6. The van der Waals surface area contributed by atoms with Crippen molar-refractivity contribution < 1.29 is 22.3 Å². The molecule has 0 saturated carbocycles. The Balaban J connectivity index is 2.29. The Morgan fingerprint density at radius 2 is 1.88 bits per heavy atom. The molecule has 0 bridgehead atoms. The Morgan fingerprint density at radius 1 is 1.28 bits per heavy atom. The maximum Gasteiger partial charge on any atom is 0.256 e. The third kappa shape index (κ3) is 4.19. The van der Waals surface area contributed by atoms with Crippen LogP contribution in [0.25, 0.3) is 0 Å². The number of amides is 1. The molecule has 25 heavy (non-hydrogen) atoms. The van der Waals surface area contributed by atoms with E-state index in [9.17, 15) is 17.6 Å². The minimum Gasteiger partial charge on any atom is -0.381 e. The van der Waals surface area contributed by atoms with Crippen LogP contribution in [0.2, 0.25) is 0 Å². The molecule has 1 amide bonds. The highest BCUT2D eigenvalue weighted by molar-refractivity contribution is 7.89. The number of likely N-dealkylation sites (tertiary alicyclic amines) is 1. The molecule has 140 valence electrons. The molecule has 6 nitrogen and oxygen atoms in total. The molecule has 0 aromatic heterocycles. The number of ether oxygens (including phenoxy) is 1. The molecule has 1 fully saturated rings. The first-order chi connectivity index (χ1) is 11.8. The normalized spacial score (nSPS) is 16.4. The summed E-state index contributed by atoms with van der Waals surface area (Å²) in [5, 5.41) is 0. The number of hydrogen-bond donors (Lipinski definition) is 0. The minimum atomic E-state index is -3.74. The fourth-order valence-electron chi connectivity index (χ4n) is 3.01. The van der Waals surface area contributed by atoms with E-state index >= 15 is 0 Å². The summed E-state index contributed by atoms with van der Waals surface area (Å²) in [5.41, 5.74) is -0.205. The summed E-state index contributed by atoms with van der Waals surface area (Å²) in [5.74, 6) is -1.19. The van der Waals surface area contributed by atoms with E-state index in [2.05, 4.69) is 0 Å². The number of piperidine rings is 1. The average Bonchev–Trinajstić information content (AvgIpc) is 2.62. The Kier molecular flexibility index (Phi) is 6.53. The topological polar surface area (TPSA) is 66.9 Å². The third-order valence-electron chi connectivity index (χ3n) is 4.57. The molecular weight excluding hydrogens is 347 g/mol. The van der Waals surface area contributed by atoms with Crippen molar-refractivity contribution >= 4 is 15.9 Å². The van der Waals surface area contributed by atoms with Gasteiger partial charge in [0.05, 0.1) is 16.6 Å². The second-order valence-electron chi connectivity index (χ2n) is 5.96. The molecule has 1 aliphatic rings. The van der Waals surface area contributed by atoms with Crippen LogP contribution in [0.4, 0.5) is 4.39 Å². The number of carbonyl (C=O) groups is 1. The third-order valence-corrected chi connectivity index (χ3v) is 6.62. The van der Waals surface area contributed by atoms with E-state index in [4.69, 9.17) is 4.74 Å². The molecule has 1 aromatic carbocycles. The predicted octanol–water partition coefficient (Wildman–Crippen LogP) is 2.11. The second-order valence-corrected chi connectivity index (χ2v) is 7.90. The SMILES string of the molecule is CCN(CC)S(=O)(=O)c1ccc(F)c(C(=O)N2CCC(OC)CC2)c1. The zero-order valence-corrected chi connectivity index (χ0v) is 15.7. The van der Waals surface area contributed by atoms with Crippen molar-refractivity contribution in [3.63, 3.8) is 0 Å². The van der Waals surface area contributed by atoms with Crippen molar-refractivity contribution in [1.29, 1.82) is 0 Å². The minimum absolute atomic E-state index is 0.0623. The summed E-state index contributed by atoms with van der Waals surface area (Å²) in [6.45, 7) is 5.01. The molecule has 1 heterocycles. The number of nitrogens with zero attached hydrogens (tertiary/aromatic N) is 2. The van der Waals surface area contributed by atoms with Gasteiger partial charge in [0.1, 0.15) is 5.82 Å². The first-order valence-corrected chi connectivity index (χ1v) is 9.90. The van der Waals surface area contributed by atoms with Gasteiger partial charge in [-0.15, -0.1) is 0 Å². The molecule has 0 radical (unpaired) electrons. The van der Waals surface area contributed by atoms with Crippen LogP contribution >= 0.6 is 0 Å². The van der Waals surface area contributed by atoms with E-state index in [0.29, 0.717) is 39.0 Å². The molecule has 0 spiro atoms. The average molecular weight is 372 g/mol. The number of hydrogen-bond acceptors (Lipinski definition) is 4. The van der Waals surface area contributed by atoms with Crippen molar-refractivity contribution in [2.24, 2.45) is 0 Å². The van der Waals surface area contributed by atoms with E-state index in [1.165, 1.54) is 10.4 Å². The zero-order chi connectivity index (χ0) is 18.6. The summed E-state index contributed by atoms with van der Waals surface area (Å²) < 4.78 is 45.9. The summed E-state index contributed by atoms with van der Waals surface area (Å²) in [6.07, 6.45) is 1.46. The molecule has 0 N–H and O–H groups in total. The number of sulfonamides is 1. The quantitative estimate of drug-likeness (QED) is 0.767. The highest BCUT2D eigenvalue weighted by atomic mass is 32.2. The lowest BCUT2D eigenvalue weighted by Gasteiger charge is -2.31.